The van der Waals surface area contributed by atoms with Crippen LogP contribution < -0.4 is 5.32 Å². The van der Waals surface area contributed by atoms with Crippen molar-refractivity contribution in [3.63, 3.8) is 0 Å². The highest BCUT2D eigenvalue weighted by atomic mass is 16.4. The first-order valence-corrected chi connectivity index (χ1v) is 5.65. The molecule has 2 N–H and O–H groups in total. The largest absolute Gasteiger partial charge is 0.478 e. The number of carboxylic acids is 1. The summed E-state index contributed by atoms with van der Waals surface area (Å²) >= 11 is 0. The molecule has 0 aliphatic carbocycles. The number of nitrogens with one attached hydrogen (secondary N) is 1. The zero-order valence-electron chi connectivity index (χ0n) is 10.5. The Labute approximate surface area is 109 Å². The number of carboxylic acid groups (broad SMARTS) is 1. The van der Waals surface area contributed by atoms with Crippen LogP contribution in [0.1, 0.15) is 6.42 Å². The van der Waals surface area contributed by atoms with E-state index in [0.29, 0.717) is 25.6 Å². The predicted molar refractivity (Wildman–Crippen MR) is 64.1 cm³/mol. The zero-order chi connectivity index (χ0) is 14.4. The van der Waals surface area contributed by atoms with E-state index in [2.05, 4.69) is 0 Å². The normalized spacial score (nSPS) is 16.4. The first-order chi connectivity index (χ1) is 8.90. The summed E-state index contributed by atoms with van der Waals surface area (Å²) in [4.78, 5) is 47.4. The van der Waals surface area contributed by atoms with Gasteiger partial charge in [0.2, 0.25) is 5.91 Å². The van der Waals surface area contributed by atoms with Crippen molar-refractivity contribution >= 4 is 23.8 Å². The Bertz CT molecular complexity index is 432. The molecule has 0 radical (unpaired) electrons. The number of hydrogen-bond acceptors (Lipinski definition) is 4. The van der Waals surface area contributed by atoms with Crippen molar-refractivity contribution in [2.75, 3.05) is 26.7 Å². The van der Waals surface area contributed by atoms with Gasteiger partial charge in [-0.1, -0.05) is 0 Å². The Balaban J connectivity index is 2.55. The molecule has 8 nitrogen and oxygen atoms in total. The molecule has 8 heteroatoms. The lowest BCUT2D eigenvalue weighted by molar-refractivity contribution is -0.131. The summed E-state index contributed by atoms with van der Waals surface area (Å²) in [6, 6.07) is -0.705. The number of carbonyl (C=O) groups excluding carboxylic acids is 3. The van der Waals surface area contributed by atoms with Crippen molar-refractivity contribution < 1.29 is 24.3 Å². The molecule has 1 aliphatic rings. The molecule has 1 rings (SSSR count). The number of nitrogens with zero attached hydrogens (tertiary/aromatic N) is 2. The van der Waals surface area contributed by atoms with Gasteiger partial charge in [-0.3, -0.25) is 14.9 Å². The van der Waals surface area contributed by atoms with Crippen molar-refractivity contribution in [2.24, 2.45) is 0 Å². The summed E-state index contributed by atoms with van der Waals surface area (Å²) in [5.41, 5.74) is 0. The van der Waals surface area contributed by atoms with Gasteiger partial charge in [0.15, 0.2) is 0 Å². The molecule has 0 aromatic carbocycles. The molecule has 104 valence electrons. The lowest BCUT2D eigenvalue weighted by Gasteiger charge is -2.19. The number of imide groups is 1. The summed E-state index contributed by atoms with van der Waals surface area (Å²) in [6.45, 7) is 0.811. The molecule has 1 fully saturated rings. The molecule has 19 heavy (non-hydrogen) atoms. The van der Waals surface area contributed by atoms with E-state index < -0.39 is 17.9 Å². The standard InChI is InChI=1S/C11H15N3O5/c1-13-5-2-6-14(7-9(13)16)11(19)12-8(15)3-4-10(17)18/h3-4H,2,5-7H2,1H3,(H,17,18)(H,12,15,19)/b4-3+. The number of hydrogen-bond donors (Lipinski definition) is 2. The van der Waals surface area contributed by atoms with E-state index in [1.165, 1.54) is 9.80 Å². The van der Waals surface area contributed by atoms with Crippen LogP contribution in [0.2, 0.25) is 0 Å². The summed E-state index contributed by atoms with van der Waals surface area (Å²) in [7, 11) is 1.64. The van der Waals surface area contributed by atoms with Gasteiger partial charge in [0, 0.05) is 32.3 Å². The minimum Gasteiger partial charge on any atom is -0.478 e. The Morgan fingerprint density at radius 1 is 1.26 bits per heavy atom. The predicted octanol–water partition coefficient (Wildman–Crippen LogP) is -0.972. The average Bonchev–Trinajstić information content (AvgIpc) is 2.49. The van der Waals surface area contributed by atoms with Crippen LogP contribution in [0.15, 0.2) is 12.2 Å². The molecule has 1 heterocycles. The van der Waals surface area contributed by atoms with Crippen molar-refractivity contribution in [3.05, 3.63) is 12.2 Å². The van der Waals surface area contributed by atoms with E-state index >= 15 is 0 Å². The van der Waals surface area contributed by atoms with Crippen LogP contribution in [-0.2, 0) is 14.4 Å². The number of aliphatic carboxylic acids is 1. The summed E-state index contributed by atoms with van der Waals surface area (Å²) in [5, 5.41) is 10.3. The second-order valence-electron chi connectivity index (χ2n) is 4.06. The third-order valence-electron chi connectivity index (χ3n) is 2.57. The van der Waals surface area contributed by atoms with Gasteiger partial charge in [-0.25, -0.2) is 9.59 Å². The quantitative estimate of drug-likeness (QED) is 0.627. The Morgan fingerprint density at radius 2 is 1.95 bits per heavy atom. The minimum atomic E-state index is -1.28. The number of likely N-dealkylation sites (N-methyl/N-ethyl adjacent to an activating group) is 1. The molecule has 0 bridgehead atoms. The number of rotatable bonds is 2. The maximum atomic E-state index is 11.7. The topological polar surface area (TPSA) is 107 Å². The van der Waals surface area contributed by atoms with Gasteiger partial charge in [0.1, 0.15) is 6.54 Å². The van der Waals surface area contributed by atoms with E-state index in [1.54, 1.807) is 7.05 Å². The summed E-state index contributed by atoms with van der Waals surface area (Å²) in [6.07, 6.45) is 1.99. The molecular formula is C11H15N3O5. The van der Waals surface area contributed by atoms with Gasteiger partial charge in [0.05, 0.1) is 0 Å². The molecule has 0 aromatic rings. The summed E-state index contributed by atoms with van der Waals surface area (Å²) < 4.78 is 0. The fourth-order valence-corrected chi connectivity index (χ4v) is 1.53. The highest BCUT2D eigenvalue weighted by molar-refractivity contribution is 6.03. The van der Waals surface area contributed by atoms with Crippen molar-refractivity contribution in [1.82, 2.24) is 15.1 Å². The molecule has 0 saturated carbocycles. The van der Waals surface area contributed by atoms with Crippen molar-refractivity contribution in [3.8, 4) is 0 Å². The second-order valence-corrected chi connectivity index (χ2v) is 4.06. The third kappa shape index (κ3) is 4.78. The Morgan fingerprint density at radius 3 is 2.58 bits per heavy atom. The second kappa shape index (κ2) is 6.53. The van der Waals surface area contributed by atoms with E-state index in [0.717, 1.165) is 6.08 Å². The molecule has 0 atom stereocenters. The smallest absolute Gasteiger partial charge is 0.328 e. The van der Waals surface area contributed by atoms with Crippen LogP contribution in [-0.4, -0.2) is 65.4 Å². The Kier molecular flexibility index (Phi) is 5.04. The molecule has 0 unspecified atom stereocenters. The van der Waals surface area contributed by atoms with Crippen LogP contribution >= 0.6 is 0 Å². The number of urea groups is 1. The minimum absolute atomic E-state index is 0.0990. The van der Waals surface area contributed by atoms with Gasteiger partial charge in [-0.05, 0) is 6.42 Å². The zero-order valence-corrected chi connectivity index (χ0v) is 10.5. The molecule has 0 spiro atoms. The fourth-order valence-electron chi connectivity index (χ4n) is 1.53. The van der Waals surface area contributed by atoms with Crippen LogP contribution in [0, 0.1) is 0 Å². The molecule has 4 amide bonds. The fraction of sp³-hybridized carbons (Fsp3) is 0.455. The molecular weight excluding hydrogens is 254 g/mol. The van der Waals surface area contributed by atoms with Crippen LogP contribution in [0.3, 0.4) is 0 Å². The highest BCUT2D eigenvalue weighted by Crippen LogP contribution is 2.02. The third-order valence-corrected chi connectivity index (χ3v) is 2.57. The van der Waals surface area contributed by atoms with Crippen molar-refractivity contribution in [1.29, 1.82) is 0 Å². The van der Waals surface area contributed by atoms with Crippen LogP contribution in [0.5, 0.6) is 0 Å². The molecule has 0 aromatic heterocycles. The lowest BCUT2D eigenvalue weighted by atomic mass is 10.4. The number of carbonyl (C=O) groups is 4. The van der Waals surface area contributed by atoms with E-state index in [-0.39, 0.29) is 12.5 Å². The number of amides is 4. The van der Waals surface area contributed by atoms with Crippen LogP contribution in [0.25, 0.3) is 0 Å². The van der Waals surface area contributed by atoms with Gasteiger partial charge >= 0.3 is 12.0 Å². The monoisotopic (exact) mass is 269 g/mol. The van der Waals surface area contributed by atoms with E-state index in [9.17, 15) is 19.2 Å². The maximum Gasteiger partial charge on any atom is 0.328 e. The molecule has 1 aliphatic heterocycles. The van der Waals surface area contributed by atoms with Gasteiger partial charge in [-0.15, -0.1) is 0 Å². The van der Waals surface area contributed by atoms with Gasteiger partial charge < -0.3 is 14.9 Å². The van der Waals surface area contributed by atoms with E-state index in [4.69, 9.17) is 5.11 Å². The van der Waals surface area contributed by atoms with Gasteiger partial charge in [0.25, 0.3) is 5.91 Å². The first-order valence-electron chi connectivity index (χ1n) is 5.65. The Hall–Kier alpha value is -2.38. The maximum absolute atomic E-state index is 11.7. The van der Waals surface area contributed by atoms with Crippen molar-refractivity contribution in [2.45, 2.75) is 6.42 Å². The van der Waals surface area contributed by atoms with Crippen LogP contribution in [0.4, 0.5) is 4.79 Å². The SMILES string of the molecule is CN1CCCN(C(=O)NC(=O)/C=C/C(=O)O)CC1=O. The molecule has 1 saturated heterocycles. The first kappa shape index (κ1) is 14.7. The average molecular weight is 269 g/mol. The lowest BCUT2D eigenvalue weighted by Crippen LogP contribution is -2.45. The van der Waals surface area contributed by atoms with Gasteiger partial charge in [-0.2, -0.15) is 0 Å². The summed E-state index contributed by atoms with van der Waals surface area (Å²) in [5.74, 6) is -2.33. The van der Waals surface area contributed by atoms with E-state index in [1.807, 2.05) is 5.32 Å². The highest BCUT2D eigenvalue weighted by Gasteiger charge is 2.23.